The number of ether oxygens (including phenoxy) is 1. The fourth-order valence-corrected chi connectivity index (χ4v) is 2.15. The largest absolute Gasteiger partial charge is 0.495 e. The second-order valence-electron chi connectivity index (χ2n) is 4.13. The quantitative estimate of drug-likeness (QED) is 0.880. The van der Waals surface area contributed by atoms with Gasteiger partial charge in [0.1, 0.15) is 11.8 Å². The van der Waals surface area contributed by atoms with Crippen LogP contribution in [0, 0.1) is 0 Å². The highest BCUT2D eigenvalue weighted by atomic mass is 19.4. The highest BCUT2D eigenvalue weighted by Crippen LogP contribution is 2.34. The molecule has 0 aliphatic carbocycles. The SMILES string of the molecule is COc1ccccc1N1CCNCC1C(F)(F)F. The van der Waals surface area contributed by atoms with E-state index in [-0.39, 0.29) is 6.54 Å². The van der Waals surface area contributed by atoms with Crippen molar-refractivity contribution >= 4 is 5.69 Å². The molecule has 0 bridgehead atoms. The number of para-hydroxylation sites is 2. The molecule has 0 saturated carbocycles. The normalized spacial score (nSPS) is 20.9. The van der Waals surface area contributed by atoms with Gasteiger partial charge in [0.15, 0.2) is 0 Å². The van der Waals surface area contributed by atoms with Crippen LogP contribution in [0.3, 0.4) is 0 Å². The van der Waals surface area contributed by atoms with E-state index in [0.29, 0.717) is 24.5 Å². The van der Waals surface area contributed by atoms with Crippen molar-refractivity contribution in [2.45, 2.75) is 12.2 Å². The summed E-state index contributed by atoms with van der Waals surface area (Å²) >= 11 is 0. The first-order chi connectivity index (χ1) is 8.54. The monoisotopic (exact) mass is 260 g/mol. The molecule has 1 aliphatic heterocycles. The van der Waals surface area contributed by atoms with Crippen molar-refractivity contribution in [1.29, 1.82) is 0 Å². The molecule has 1 heterocycles. The van der Waals surface area contributed by atoms with Gasteiger partial charge < -0.3 is 15.0 Å². The second kappa shape index (κ2) is 5.06. The molecule has 18 heavy (non-hydrogen) atoms. The van der Waals surface area contributed by atoms with Crippen molar-refractivity contribution in [2.24, 2.45) is 0 Å². The average Bonchev–Trinajstić information content (AvgIpc) is 2.37. The van der Waals surface area contributed by atoms with Crippen LogP contribution < -0.4 is 15.0 Å². The molecule has 0 spiro atoms. The highest BCUT2D eigenvalue weighted by molar-refractivity contribution is 5.59. The molecule has 1 aromatic rings. The van der Waals surface area contributed by atoms with Gasteiger partial charge in [-0.1, -0.05) is 12.1 Å². The predicted octanol–water partition coefficient (Wildman–Crippen LogP) is 2.04. The second-order valence-corrected chi connectivity index (χ2v) is 4.13. The number of piperazine rings is 1. The van der Waals surface area contributed by atoms with E-state index in [1.165, 1.54) is 12.0 Å². The number of nitrogens with zero attached hydrogens (tertiary/aromatic N) is 1. The zero-order valence-electron chi connectivity index (χ0n) is 10.00. The zero-order chi connectivity index (χ0) is 13.2. The minimum atomic E-state index is -4.26. The molecule has 100 valence electrons. The fraction of sp³-hybridized carbons (Fsp3) is 0.500. The maximum Gasteiger partial charge on any atom is 0.409 e. The Hall–Kier alpha value is -1.43. The number of methoxy groups -OCH3 is 1. The van der Waals surface area contributed by atoms with Gasteiger partial charge in [-0.15, -0.1) is 0 Å². The summed E-state index contributed by atoms with van der Waals surface area (Å²) in [5.74, 6) is 0.466. The predicted molar refractivity (Wildman–Crippen MR) is 63.1 cm³/mol. The smallest absolute Gasteiger partial charge is 0.409 e. The Bertz CT molecular complexity index is 409. The Morgan fingerprint density at radius 2 is 2.06 bits per heavy atom. The molecule has 1 aromatic carbocycles. The maximum atomic E-state index is 13.0. The lowest BCUT2D eigenvalue weighted by molar-refractivity contribution is -0.149. The van der Waals surface area contributed by atoms with E-state index in [1.807, 2.05) is 0 Å². The molecule has 3 nitrogen and oxygen atoms in total. The minimum absolute atomic E-state index is 0.0957. The number of nitrogens with one attached hydrogen (secondary N) is 1. The number of rotatable bonds is 2. The summed E-state index contributed by atoms with van der Waals surface area (Å²) in [6.45, 7) is 0.747. The Morgan fingerprint density at radius 1 is 1.33 bits per heavy atom. The molecule has 1 unspecified atom stereocenters. The number of benzene rings is 1. The van der Waals surface area contributed by atoms with Gasteiger partial charge in [0.05, 0.1) is 12.8 Å². The molecule has 0 aromatic heterocycles. The zero-order valence-corrected chi connectivity index (χ0v) is 10.00. The molecule has 1 fully saturated rings. The minimum Gasteiger partial charge on any atom is -0.495 e. The number of hydrogen-bond donors (Lipinski definition) is 1. The van der Waals surface area contributed by atoms with E-state index in [0.717, 1.165) is 0 Å². The molecule has 2 rings (SSSR count). The molecule has 1 aliphatic rings. The Kier molecular flexibility index (Phi) is 3.65. The van der Waals surface area contributed by atoms with Crippen LogP contribution >= 0.6 is 0 Å². The number of halogens is 3. The van der Waals surface area contributed by atoms with Crippen LogP contribution in [0.4, 0.5) is 18.9 Å². The summed E-state index contributed by atoms with van der Waals surface area (Å²) < 4.78 is 44.1. The third-order valence-electron chi connectivity index (χ3n) is 3.02. The summed E-state index contributed by atoms with van der Waals surface area (Å²) in [5, 5.41) is 2.78. The van der Waals surface area contributed by atoms with E-state index >= 15 is 0 Å². The molecule has 1 N–H and O–H groups in total. The van der Waals surface area contributed by atoms with Crippen molar-refractivity contribution in [1.82, 2.24) is 5.32 Å². The number of hydrogen-bond acceptors (Lipinski definition) is 3. The van der Waals surface area contributed by atoms with E-state index in [1.54, 1.807) is 24.3 Å². The summed E-state index contributed by atoms with van der Waals surface area (Å²) in [6.07, 6.45) is -4.26. The molecule has 6 heteroatoms. The molecule has 0 radical (unpaired) electrons. The van der Waals surface area contributed by atoms with Gasteiger partial charge in [-0.2, -0.15) is 13.2 Å². The van der Waals surface area contributed by atoms with Crippen LogP contribution in [-0.2, 0) is 0 Å². The summed E-state index contributed by atoms with van der Waals surface area (Å²) in [4.78, 5) is 1.36. The van der Waals surface area contributed by atoms with Gasteiger partial charge in [0.25, 0.3) is 0 Å². The van der Waals surface area contributed by atoms with Crippen molar-refractivity contribution < 1.29 is 17.9 Å². The van der Waals surface area contributed by atoms with E-state index in [2.05, 4.69) is 5.32 Å². The highest BCUT2D eigenvalue weighted by Gasteiger charge is 2.45. The Morgan fingerprint density at radius 3 is 2.72 bits per heavy atom. The molecular weight excluding hydrogens is 245 g/mol. The van der Waals surface area contributed by atoms with Crippen LogP contribution in [0.2, 0.25) is 0 Å². The average molecular weight is 260 g/mol. The van der Waals surface area contributed by atoms with Gasteiger partial charge in [0, 0.05) is 19.6 Å². The van der Waals surface area contributed by atoms with Crippen LogP contribution in [0.5, 0.6) is 5.75 Å². The first kappa shape index (κ1) is 13.0. The van der Waals surface area contributed by atoms with Crippen molar-refractivity contribution in [3.05, 3.63) is 24.3 Å². The summed E-state index contributed by atoms with van der Waals surface area (Å²) in [5.41, 5.74) is 0.490. The topological polar surface area (TPSA) is 24.5 Å². The summed E-state index contributed by atoms with van der Waals surface area (Å²) in [6, 6.07) is 5.27. The first-order valence-electron chi connectivity index (χ1n) is 5.71. The lowest BCUT2D eigenvalue weighted by atomic mass is 10.1. The van der Waals surface area contributed by atoms with E-state index in [9.17, 15) is 13.2 Å². The standard InChI is InChI=1S/C12H15F3N2O/c1-18-10-5-3-2-4-9(10)17-7-6-16-8-11(17)12(13,14)15/h2-5,11,16H,6-8H2,1H3. The van der Waals surface area contributed by atoms with Gasteiger partial charge >= 0.3 is 6.18 Å². The van der Waals surface area contributed by atoms with Crippen LogP contribution in [0.1, 0.15) is 0 Å². The lowest BCUT2D eigenvalue weighted by Crippen LogP contribution is -2.58. The third kappa shape index (κ3) is 2.53. The first-order valence-corrected chi connectivity index (χ1v) is 5.71. The Labute approximate surface area is 104 Å². The van der Waals surface area contributed by atoms with Crippen molar-refractivity contribution in [2.75, 3.05) is 31.6 Å². The van der Waals surface area contributed by atoms with E-state index < -0.39 is 12.2 Å². The number of alkyl halides is 3. The van der Waals surface area contributed by atoms with Gasteiger partial charge in [0.2, 0.25) is 0 Å². The summed E-state index contributed by atoms with van der Waals surface area (Å²) in [7, 11) is 1.46. The van der Waals surface area contributed by atoms with Crippen LogP contribution in [0.25, 0.3) is 0 Å². The molecule has 1 saturated heterocycles. The number of anilines is 1. The van der Waals surface area contributed by atoms with Gasteiger partial charge in [-0.3, -0.25) is 0 Å². The van der Waals surface area contributed by atoms with Crippen LogP contribution in [0.15, 0.2) is 24.3 Å². The Balaban J connectivity index is 2.34. The van der Waals surface area contributed by atoms with Gasteiger partial charge in [-0.25, -0.2) is 0 Å². The fourth-order valence-electron chi connectivity index (χ4n) is 2.15. The maximum absolute atomic E-state index is 13.0. The molecular formula is C12H15F3N2O. The van der Waals surface area contributed by atoms with Gasteiger partial charge in [-0.05, 0) is 12.1 Å². The molecule has 1 atom stereocenters. The third-order valence-corrected chi connectivity index (χ3v) is 3.02. The van der Waals surface area contributed by atoms with Crippen molar-refractivity contribution in [3.63, 3.8) is 0 Å². The van der Waals surface area contributed by atoms with E-state index in [4.69, 9.17) is 4.74 Å². The molecule has 0 amide bonds. The van der Waals surface area contributed by atoms with Crippen molar-refractivity contribution in [3.8, 4) is 5.75 Å². The van der Waals surface area contributed by atoms with Crippen LogP contribution in [-0.4, -0.2) is 39.0 Å². The lowest BCUT2D eigenvalue weighted by Gasteiger charge is -2.39.